The second-order valence-electron chi connectivity index (χ2n) is 4.42. The molecular weight excluding hydrogens is 154 g/mol. The van der Waals surface area contributed by atoms with Gasteiger partial charge in [0.05, 0.1) is 0 Å². The molecule has 1 nitrogen and oxygen atoms in total. The van der Waals surface area contributed by atoms with Crippen molar-refractivity contribution < 1.29 is 0 Å². The molecule has 2 N–H and O–H groups in total. The average molecular weight is 173 g/mol. The third kappa shape index (κ3) is 4.02. The zero-order valence-corrected chi connectivity index (χ0v) is 8.58. The predicted octanol–water partition coefficient (Wildman–Crippen LogP) is 2.26. The molecule has 1 fully saturated rings. The van der Waals surface area contributed by atoms with E-state index >= 15 is 0 Å². The Hall–Kier alpha value is 0.310. The molecule has 0 spiro atoms. The van der Waals surface area contributed by atoms with E-state index in [9.17, 15) is 0 Å². The minimum atomic E-state index is 0.381. The largest absolute Gasteiger partial charge is 0.327 e. The van der Waals surface area contributed by atoms with Crippen LogP contribution in [-0.2, 0) is 0 Å². The molecule has 1 unspecified atom stereocenters. The predicted molar refractivity (Wildman–Crippen MR) is 52.9 cm³/mol. The van der Waals surface area contributed by atoms with Gasteiger partial charge in [-0.15, -0.1) is 0 Å². The van der Waals surface area contributed by atoms with Gasteiger partial charge in [-0.1, -0.05) is 20.8 Å². The van der Waals surface area contributed by atoms with Gasteiger partial charge in [-0.2, -0.15) is 11.8 Å². The van der Waals surface area contributed by atoms with Crippen LogP contribution in [0.25, 0.3) is 0 Å². The summed E-state index contributed by atoms with van der Waals surface area (Å²) in [5.41, 5.74) is 5.97. The summed E-state index contributed by atoms with van der Waals surface area (Å²) in [6.45, 7) is 6.74. The van der Waals surface area contributed by atoms with Gasteiger partial charge in [0.15, 0.2) is 0 Å². The molecule has 1 aliphatic carbocycles. The maximum Gasteiger partial charge on any atom is 0.0159 e. The van der Waals surface area contributed by atoms with Gasteiger partial charge in [-0.25, -0.2) is 0 Å². The Morgan fingerprint density at radius 2 is 2.00 bits per heavy atom. The molecule has 0 aliphatic heterocycles. The molecule has 2 heteroatoms. The Kier molecular flexibility index (Phi) is 2.87. The Bertz CT molecular complexity index is 124. The van der Waals surface area contributed by atoms with Gasteiger partial charge in [0.1, 0.15) is 0 Å². The molecule has 0 aromatic carbocycles. The van der Waals surface area contributed by atoms with Crippen LogP contribution in [0, 0.1) is 5.92 Å². The summed E-state index contributed by atoms with van der Waals surface area (Å²) in [6.07, 6.45) is 2.73. The van der Waals surface area contributed by atoms with E-state index in [0.29, 0.717) is 10.8 Å². The lowest BCUT2D eigenvalue weighted by molar-refractivity contribution is 0.654. The summed E-state index contributed by atoms with van der Waals surface area (Å²) in [5.74, 6) is 1.98. The molecule has 1 atom stereocenters. The third-order valence-corrected chi connectivity index (χ3v) is 3.35. The zero-order valence-electron chi connectivity index (χ0n) is 7.76. The van der Waals surface area contributed by atoms with Crippen LogP contribution in [0.5, 0.6) is 0 Å². The monoisotopic (exact) mass is 173 g/mol. The summed E-state index contributed by atoms with van der Waals surface area (Å²) in [4.78, 5) is 0. The van der Waals surface area contributed by atoms with Crippen LogP contribution in [-0.4, -0.2) is 16.5 Å². The summed E-state index contributed by atoms with van der Waals surface area (Å²) in [7, 11) is 0. The first-order valence-electron chi connectivity index (χ1n) is 4.38. The number of hydrogen-bond donors (Lipinski definition) is 1. The van der Waals surface area contributed by atoms with Gasteiger partial charge in [0.2, 0.25) is 0 Å². The lowest BCUT2D eigenvalue weighted by Gasteiger charge is -2.20. The fraction of sp³-hybridized carbons (Fsp3) is 1.00. The fourth-order valence-corrected chi connectivity index (χ4v) is 1.97. The number of hydrogen-bond acceptors (Lipinski definition) is 2. The summed E-state index contributed by atoms with van der Waals surface area (Å²) in [5, 5.41) is 0. The summed E-state index contributed by atoms with van der Waals surface area (Å²) < 4.78 is 0.381. The Labute approximate surface area is 74.1 Å². The molecule has 0 aromatic rings. The van der Waals surface area contributed by atoms with Crippen LogP contribution in [0.3, 0.4) is 0 Å². The molecule has 1 aliphatic rings. The lowest BCUT2D eigenvalue weighted by atomic mass is 10.2. The van der Waals surface area contributed by atoms with E-state index in [0.717, 1.165) is 11.7 Å². The van der Waals surface area contributed by atoms with E-state index in [1.54, 1.807) is 0 Å². The average Bonchev–Trinajstić information content (AvgIpc) is 2.61. The molecule has 0 amide bonds. The molecule has 0 saturated heterocycles. The van der Waals surface area contributed by atoms with Gasteiger partial charge >= 0.3 is 0 Å². The SMILES string of the molecule is CC(C)(C)SCC(N)C1CC1. The minimum Gasteiger partial charge on any atom is -0.327 e. The van der Waals surface area contributed by atoms with Crippen LogP contribution in [0.1, 0.15) is 33.6 Å². The van der Waals surface area contributed by atoms with Crippen LogP contribution in [0.2, 0.25) is 0 Å². The van der Waals surface area contributed by atoms with Gasteiger partial charge in [-0.3, -0.25) is 0 Å². The number of nitrogens with two attached hydrogens (primary N) is 1. The van der Waals surface area contributed by atoms with Crippen molar-refractivity contribution in [3.63, 3.8) is 0 Å². The molecule has 66 valence electrons. The first-order chi connectivity index (χ1) is 4.99. The molecule has 0 aromatic heterocycles. The van der Waals surface area contributed by atoms with Crippen molar-refractivity contribution in [2.24, 2.45) is 11.7 Å². The van der Waals surface area contributed by atoms with Crippen molar-refractivity contribution in [1.29, 1.82) is 0 Å². The smallest absolute Gasteiger partial charge is 0.0159 e. The molecule has 0 bridgehead atoms. The third-order valence-electron chi connectivity index (χ3n) is 1.94. The van der Waals surface area contributed by atoms with Crippen molar-refractivity contribution in [2.45, 2.75) is 44.4 Å². The van der Waals surface area contributed by atoms with E-state index in [-0.39, 0.29) is 0 Å². The van der Waals surface area contributed by atoms with Crippen LogP contribution in [0.4, 0.5) is 0 Å². The van der Waals surface area contributed by atoms with Crippen molar-refractivity contribution in [1.82, 2.24) is 0 Å². The van der Waals surface area contributed by atoms with Crippen LogP contribution >= 0.6 is 11.8 Å². The highest BCUT2D eigenvalue weighted by Crippen LogP contribution is 2.34. The van der Waals surface area contributed by atoms with E-state index in [4.69, 9.17) is 5.73 Å². The molecule has 11 heavy (non-hydrogen) atoms. The van der Waals surface area contributed by atoms with Crippen molar-refractivity contribution >= 4 is 11.8 Å². The van der Waals surface area contributed by atoms with E-state index in [2.05, 4.69) is 20.8 Å². The second-order valence-corrected chi connectivity index (χ2v) is 6.27. The maximum atomic E-state index is 5.97. The molecule has 1 rings (SSSR count). The fourth-order valence-electron chi connectivity index (χ4n) is 1.01. The minimum absolute atomic E-state index is 0.381. The second kappa shape index (κ2) is 3.36. The lowest BCUT2D eigenvalue weighted by Crippen LogP contribution is -2.27. The molecule has 0 heterocycles. The van der Waals surface area contributed by atoms with E-state index in [1.807, 2.05) is 11.8 Å². The topological polar surface area (TPSA) is 26.0 Å². The van der Waals surface area contributed by atoms with Crippen LogP contribution in [0.15, 0.2) is 0 Å². The van der Waals surface area contributed by atoms with Gasteiger partial charge < -0.3 is 5.73 Å². The standard InChI is InChI=1S/C9H19NS/c1-9(2,3)11-6-8(10)7-4-5-7/h7-8H,4-6,10H2,1-3H3. The summed E-state index contributed by atoms with van der Waals surface area (Å²) in [6, 6.07) is 0.458. The Morgan fingerprint density at radius 1 is 1.45 bits per heavy atom. The van der Waals surface area contributed by atoms with Crippen molar-refractivity contribution in [3.05, 3.63) is 0 Å². The van der Waals surface area contributed by atoms with Crippen molar-refractivity contribution in [3.8, 4) is 0 Å². The quantitative estimate of drug-likeness (QED) is 0.708. The highest BCUT2D eigenvalue weighted by Gasteiger charge is 2.29. The van der Waals surface area contributed by atoms with Gasteiger partial charge in [0.25, 0.3) is 0 Å². The number of thioether (sulfide) groups is 1. The Morgan fingerprint density at radius 3 is 2.36 bits per heavy atom. The molecular formula is C9H19NS. The Balaban J connectivity index is 2.10. The first kappa shape index (κ1) is 9.40. The number of rotatable bonds is 3. The zero-order chi connectivity index (χ0) is 8.48. The van der Waals surface area contributed by atoms with E-state index < -0.39 is 0 Å². The van der Waals surface area contributed by atoms with E-state index in [1.165, 1.54) is 12.8 Å². The maximum absolute atomic E-state index is 5.97. The normalized spacial score (nSPS) is 21.8. The highest BCUT2D eigenvalue weighted by atomic mass is 32.2. The molecule has 1 saturated carbocycles. The van der Waals surface area contributed by atoms with Gasteiger partial charge in [0, 0.05) is 16.5 Å². The van der Waals surface area contributed by atoms with Crippen molar-refractivity contribution in [2.75, 3.05) is 5.75 Å². The molecule has 0 radical (unpaired) electrons. The van der Waals surface area contributed by atoms with Crippen LogP contribution < -0.4 is 5.73 Å². The first-order valence-corrected chi connectivity index (χ1v) is 5.37. The highest BCUT2D eigenvalue weighted by molar-refractivity contribution is 8.00. The summed E-state index contributed by atoms with van der Waals surface area (Å²) >= 11 is 1.98. The van der Waals surface area contributed by atoms with Gasteiger partial charge in [-0.05, 0) is 18.8 Å².